The molecule has 2 fully saturated rings. The molecule has 0 amide bonds. The van der Waals surface area contributed by atoms with Crippen LogP contribution in [0.15, 0.2) is 33.7 Å². The van der Waals surface area contributed by atoms with Crippen LogP contribution in [0.4, 0.5) is 5.69 Å². The van der Waals surface area contributed by atoms with E-state index in [0.29, 0.717) is 12.1 Å². The van der Waals surface area contributed by atoms with E-state index in [-0.39, 0.29) is 0 Å². The molecule has 1 atom stereocenters. The van der Waals surface area contributed by atoms with Gasteiger partial charge in [0, 0.05) is 57.0 Å². The first-order valence-corrected chi connectivity index (χ1v) is 10.7. The zero-order chi connectivity index (χ0) is 18.9. The number of nitrogens with one attached hydrogen (secondary N) is 2. The van der Waals surface area contributed by atoms with Crippen LogP contribution in [0.3, 0.4) is 0 Å². The van der Waals surface area contributed by atoms with Crippen molar-refractivity contribution < 1.29 is 9.47 Å². The van der Waals surface area contributed by atoms with Crippen LogP contribution in [0.1, 0.15) is 25.7 Å². The smallest absolute Gasteiger partial charge is 0.191 e. The Kier molecular flexibility index (Phi) is 8.23. The number of rotatable bonds is 7. The quantitative estimate of drug-likeness (QED) is 0.389. The van der Waals surface area contributed by atoms with Crippen molar-refractivity contribution in [2.24, 2.45) is 4.99 Å². The molecule has 27 heavy (non-hydrogen) atoms. The number of benzene rings is 1. The summed E-state index contributed by atoms with van der Waals surface area (Å²) in [6.07, 6.45) is 4.50. The number of nitrogens with zero attached hydrogens (tertiary/aromatic N) is 2. The fourth-order valence-electron chi connectivity index (χ4n) is 3.56. The summed E-state index contributed by atoms with van der Waals surface area (Å²) in [4.78, 5) is 6.78. The van der Waals surface area contributed by atoms with Crippen molar-refractivity contribution in [2.45, 2.75) is 37.8 Å². The SMILES string of the molecule is CN=C(NCCCOC1CCOCC1)NC1CCN(c2ccccc2Br)C1. The highest BCUT2D eigenvalue weighted by Gasteiger charge is 2.24. The molecule has 0 bridgehead atoms. The van der Waals surface area contributed by atoms with Crippen LogP contribution < -0.4 is 15.5 Å². The van der Waals surface area contributed by atoms with Crippen LogP contribution in [0.5, 0.6) is 0 Å². The minimum absolute atomic E-state index is 0.373. The van der Waals surface area contributed by atoms with Gasteiger partial charge in [0.05, 0.1) is 11.8 Å². The first-order chi connectivity index (χ1) is 13.3. The Morgan fingerprint density at radius 1 is 1.30 bits per heavy atom. The first kappa shape index (κ1) is 20.4. The molecule has 0 aromatic heterocycles. The van der Waals surface area contributed by atoms with E-state index in [9.17, 15) is 0 Å². The Morgan fingerprint density at radius 2 is 2.11 bits per heavy atom. The normalized spacial score (nSPS) is 21.5. The summed E-state index contributed by atoms with van der Waals surface area (Å²) in [5.41, 5.74) is 1.26. The highest BCUT2D eigenvalue weighted by Crippen LogP contribution is 2.28. The van der Waals surface area contributed by atoms with Gasteiger partial charge in [0.1, 0.15) is 0 Å². The number of hydrogen-bond donors (Lipinski definition) is 2. The molecule has 1 aromatic rings. The van der Waals surface area contributed by atoms with Gasteiger partial charge >= 0.3 is 0 Å². The highest BCUT2D eigenvalue weighted by molar-refractivity contribution is 9.10. The minimum Gasteiger partial charge on any atom is -0.381 e. The second-order valence-corrected chi connectivity index (χ2v) is 7.92. The maximum atomic E-state index is 5.91. The van der Waals surface area contributed by atoms with Crippen LogP contribution >= 0.6 is 15.9 Å². The van der Waals surface area contributed by atoms with Gasteiger partial charge < -0.3 is 25.0 Å². The monoisotopic (exact) mass is 438 g/mol. The summed E-state index contributed by atoms with van der Waals surface area (Å²) in [7, 11) is 1.83. The Bertz CT molecular complexity index is 607. The standard InChI is InChI=1S/C20H31BrN4O2/c1-22-20(23-10-4-12-27-17-8-13-26-14-9-17)24-16-7-11-25(15-16)19-6-3-2-5-18(19)21/h2-3,5-6,16-17H,4,7-15H2,1H3,(H2,22,23,24). The minimum atomic E-state index is 0.373. The molecule has 1 unspecified atom stereocenters. The zero-order valence-electron chi connectivity index (χ0n) is 16.1. The lowest BCUT2D eigenvalue weighted by molar-refractivity contribution is -0.0320. The number of ether oxygens (including phenoxy) is 2. The van der Waals surface area contributed by atoms with Crippen molar-refractivity contribution in [3.05, 3.63) is 28.7 Å². The van der Waals surface area contributed by atoms with E-state index in [4.69, 9.17) is 9.47 Å². The lowest BCUT2D eigenvalue weighted by atomic mass is 10.1. The molecule has 6 nitrogen and oxygen atoms in total. The topological polar surface area (TPSA) is 58.1 Å². The maximum absolute atomic E-state index is 5.91. The number of anilines is 1. The fraction of sp³-hybridized carbons (Fsp3) is 0.650. The van der Waals surface area contributed by atoms with E-state index in [0.717, 1.165) is 75.6 Å². The molecule has 150 valence electrons. The molecule has 0 spiro atoms. The molecule has 2 saturated heterocycles. The summed E-state index contributed by atoms with van der Waals surface area (Å²) >= 11 is 3.65. The molecule has 0 saturated carbocycles. The molecule has 2 N–H and O–H groups in total. The van der Waals surface area contributed by atoms with Gasteiger partial charge in [-0.25, -0.2) is 0 Å². The average molecular weight is 439 g/mol. The largest absolute Gasteiger partial charge is 0.381 e. The van der Waals surface area contributed by atoms with Gasteiger partial charge in [-0.1, -0.05) is 12.1 Å². The molecule has 3 rings (SSSR count). The van der Waals surface area contributed by atoms with Gasteiger partial charge in [-0.15, -0.1) is 0 Å². The summed E-state index contributed by atoms with van der Waals surface area (Å²) in [5.74, 6) is 0.875. The zero-order valence-corrected chi connectivity index (χ0v) is 17.7. The van der Waals surface area contributed by atoms with E-state index in [1.807, 2.05) is 7.05 Å². The number of aliphatic imine (C=N–C) groups is 1. The molecule has 2 aliphatic rings. The molecular formula is C20H31BrN4O2. The Labute approximate surface area is 170 Å². The molecule has 0 aliphatic carbocycles. The predicted molar refractivity (Wildman–Crippen MR) is 114 cm³/mol. The first-order valence-electron chi connectivity index (χ1n) is 9.92. The van der Waals surface area contributed by atoms with Crippen LogP contribution in [-0.4, -0.2) is 64.6 Å². The van der Waals surface area contributed by atoms with Gasteiger partial charge in [0.15, 0.2) is 5.96 Å². The van der Waals surface area contributed by atoms with Crippen LogP contribution in [0.2, 0.25) is 0 Å². The predicted octanol–water partition coefficient (Wildman–Crippen LogP) is 2.78. The number of hydrogen-bond acceptors (Lipinski definition) is 4. The third-order valence-corrected chi connectivity index (χ3v) is 5.75. The van der Waals surface area contributed by atoms with Gasteiger partial charge in [0.25, 0.3) is 0 Å². The average Bonchev–Trinajstić information content (AvgIpc) is 3.16. The van der Waals surface area contributed by atoms with Crippen molar-refractivity contribution >= 4 is 27.6 Å². The van der Waals surface area contributed by atoms with Crippen LogP contribution in [0.25, 0.3) is 0 Å². The van der Waals surface area contributed by atoms with Gasteiger partial charge in [-0.3, -0.25) is 4.99 Å². The number of halogens is 1. The third-order valence-electron chi connectivity index (χ3n) is 5.08. The van der Waals surface area contributed by atoms with E-state index in [1.165, 1.54) is 5.69 Å². The maximum Gasteiger partial charge on any atom is 0.191 e. The van der Waals surface area contributed by atoms with E-state index in [2.05, 4.69) is 60.7 Å². The summed E-state index contributed by atoms with van der Waals surface area (Å²) in [6, 6.07) is 8.80. The number of para-hydroxylation sites is 1. The van der Waals surface area contributed by atoms with Gasteiger partial charge in [-0.05, 0) is 53.7 Å². The van der Waals surface area contributed by atoms with E-state index >= 15 is 0 Å². The summed E-state index contributed by atoms with van der Waals surface area (Å²) < 4.78 is 12.4. The highest BCUT2D eigenvalue weighted by atomic mass is 79.9. The molecule has 2 aliphatic heterocycles. The lowest BCUT2D eigenvalue weighted by Crippen LogP contribution is -2.45. The van der Waals surface area contributed by atoms with E-state index < -0.39 is 0 Å². The second kappa shape index (κ2) is 10.9. The summed E-state index contributed by atoms with van der Waals surface area (Å²) in [5, 5.41) is 6.96. The number of guanidine groups is 1. The van der Waals surface area contributed by atoms with Crippen molar-refractivity contribution in [3.63, 3.8) is 0 Å². The molecule has 2 heterocycles. The molecule has 0 radical (unpaired) electrons. The third kappa shape index (κ3) is 6.36. The van der Waals surface area contributed by atoms with E-state index in [1.54, 1.807) is 0 Å². The molecule has 7 heteroatoms. The van der Waals surface area contributed by atoms with Crippen molar-refractivity contribution in [1.82, 2.24) is 10.6 Å². The summed E-state index contributed by atoms with van der Waals surface area (Å²) in [6.45, 7) is 5.35. The van der Waals surface area contributed by atoms with Crippen molar-refractivity contribution in [2.75, 3.05) is 51.4 Å². The Balaban J connectivity index is 1.34. The molecular weight excluding hydrogens is 408 g/mol. The van der Waals surface area contributed by atoms with Crippen LogP contribution in [0, 0.1) is 0 Å². The van der Waals surface area contributed by atoms with Crippen molar-refractivity contribution in [3.8, 4) is 0 Å². The molecule has 1 aromatic carbocycles. The van der Waals surface area contributed by atoms with Gasteiger partial charge in [-0.2, -0.15) is 0 Å². The fourth-order valence-corrected chi connectivity index (χ4v) is 4.10. The van der Waals surface area contributed by atoms with Crippen LogP contribution in [-0.2, 0) is 9.47 Å². The lowest BCUT2D eigenvalue weighted by Gasteiger charge is -2.23. The Morgan fingerprint density at radius 3 is 2.89 bits per heavy atom. The second-order valence-electron chi connectivity index (χ2n) is 7.06. The Hall–Kier alpha value is -1.31. The van der Waals surface area contributed by atoms with Crippen molar-refractivity contribution in [1.29, 1.82) is 0 Å². The van der Waals surface area contributed by atoms with Gasteiger partial charge in [0.2, 0.25) is 0 Å².